The van der Waals surface area contributed by atoms with Crippen LogP contribution in [-0.2, 0) is 9.53 Å². The summed E-state index contributed by atoms with van der Waals surface area (Å²) in [6.45, 7) is 10.4. The van der Waals surface area contributed by atoms with Gasteiger partial charge in [0, 0.05) is 18.1 Å². The molecule has 0 bridgehead atoms. The third kappa shape index (κ3) is 5.06. The van der Waals surface area contributed by atoms with Crippen LogP contribution in [0.3, 0.4) is 0 Å². The summed E-state index contributed by atoms with van der Waals surface area (Å²) in [4.78, 5) is 12.1. The summed E-state index contributed by atoms with van der Waals surface area (Å²) in [5, 5.41) is 6.63. The highest BCUT2D eigenvalue weighted by Crippen LogP contribution is 2.20. The number of nitrogens with one attached hydrogen (secondary N) is 2. The number of rotatable bonds is 7. The molecule has 0 saturated carbocycles. The van der Waals surface area contributed by atoms with Gasteiger partial charge >= 0.3 is 0 Å². The number of carbonyl (C=O) groups is 1. The molecule has 4 heteroatoms. The molecule has 1 aliphatic rings. The second-order valence-corrected chi connectivity index (χ2v) is 6.00. The molecule has 2 N–H and O–H groups in total. The molecule has 1 saturated heterocycles. The van der Waals surface area contributed by atoms with E-state index in [2.05, 4.69) is 38.3 Å². The predicted octanol–water partition coefficient (Wildman–Crippen LogP) is 2.62. The zero-order valence-corrected chi connectivity index (χ0v) is 13.7. The van der Waals surface area contributed by atoms with Gasteiger partial charge < -0.3 is 15.4 Å². The van der Waals surface area contributed by atoms with Crippen LogP contribution in [0, 0.1) is 0 Å². The SMILES string of the molecule is CCC(CC)NC(=O)C(C)OC1CCC(C)NC1CC. The Balaban J connectivity index is 2.47. The molecule has 0 aromatic heterocycles. The molecule has 0 aromatic carbocycles. The molecular weight excluding hydrogens is 252 g/mol. The Morgan fingerprint density at radius 3 is 2.50 bits per heavy atom. The molecule has 0 spiro atoms. The van der Waals surface area contributed by atoms with E-state index in [0.717, 1.165) is 32.1 Å². The van der Waals surface area contributed by atoms with E-state index in [1.54, 1.807) is 0 Å². The average molecular weight is 284 g/mol. The second-order valence-electron chi connectivity index (χ2n) is 6.00. The van der Waals surface area contributed by atoms with Crippen molar-refractivity contribution < 1.29 is 9.53 Å². The van der Waals surface area contributed by atoms with Gasteiger partial charge in [-0.05, 0) is 46.0 Å². The first-order valence-corrected chi connectivity index (χ1v) is 8.23. The minimum absolute atomic E-state index is 0.0205. The van der Waals surface area contributed by atoms with Gasteiger partial charge in [-0.2, -0.15) is 0 Å². The minimum Gasteiger partial charge on any atom is -0.364 e. The Kier molecular flexibility index (Phi) is 7.52. The van der Waals surface area contributed by atoms with E-state index in [1.807, 2.05) is 6.92 Å². The highest BCUT2D eigenvalue weighted by molar-refractivity contribution is 5.80. The van der Waals surface area contributed by atoms with E-state index >= 15 is 0 Å². The van der Waals surface area contributed by atoms with Crippen LogP contribution in [0.25, 0.3) is 0 Å². The van der Waals surface area contributed by atoms with Crippen LogP contribution in [0.4, 0.5) is 0 Å². The first kappa shape index (κ1) is 17.4. The van der Waals surface area contributed by atoms with E-state index in [9.17, 15) is 4.79 Å². The lowest BCUT2D eigenvalue weighted by Crippen LogP contribution is -2.52. The van der Waals surface area contributed by atoms with Crippen molar-refractivity contribution >= 4 is 5.91 Å². The van der Waals surface area contributed by atoms with Crippen molar-refractivity contribution in [2.45, 2.75) is 97.1 Å². The van der Waals surface area contributed by atoms with Gasteiger partial charge in [0.1, 0.15) is 6.10 Å². The number of ether oxygens (including phenoxy) is 1. The molecule has 4 unspecified atom stereocenters. The molecule has 1 aliphatic heterocycles. The van der Waals surface area contributed by atoms with Crippen LogP contribution < -0.4 is 10.6 Å². The number of piperidine rings is 1. The number of hydrogen-bond donors (Lipinski definition) is 2. The molecule has 20 heavy (non-hydrogen) atoms. The largest absolute Gasteiger partial charge is 0.364 e. The van der Waals surface area contributed by atoms with Crippen molar-refractivity contribution in [1.29, 1.82) is 0 Å². The zero-order valence-electron chi connectivity index (χ0n) is 13.7. The lowest BCUT2D eigenvalue weighted by Gasteiger charge is -2.37. The fourth-order valence-corrected chi connectivity index (χ4v) is 2.85. The van der Waals surface area contributed by atoms with Gasteiger partial charge in [-0.3, -0.25) is 4.79 Å². The summed E-state index contributed by atoms with van der Waals surface area (Å²) in [6, 6.07) is 1.18. The maximum Gasteiger partial charge on any atom is 0.249 e. The second kappa shape index (κ2) is 8.63. The normalized spacial score (nSPS) is 28.4. The van der Waals surface area contributed by atoms with Crippen molar-refractivity contribution in [2.75, 3.05) is 0 Å². The van der Waals surface area contributed by atoms with Crippen molar-refractivity contribution in [2.24, 2.45) is 0 Å². The fraction of sp³-hybridized carbons (Fsp3) is 0.938. The van der Waals surface area contributed by atoms with Crippen LogP contribution in [0.1, 0.15) is 66.7 Å². The standard InChI is InChI=1S/C16H32N2O2/c1-6-13(7-2)18-16(19)12(5)20-15-10-9-11(4)17-14(15)8-3/h11-15,17H,6-10H2,1-5H3,(H,18,19). The minimum atomic E-state index is -0.371. The Labute approximate surface area is 124 Å². The maximum absolute atomic E-state index is 12.1. The first-order chi connectivity index (χ1) is 9.51. The van der Waals surface area contributed by atoms with Gasteiger partial charge in [0.2, 0.25) is 5.91 Å². The summed E-state index contributed by atoms with van der Waals surface area (Å²) >= 11 is 0. The molecule has 118 valence electrons. The van der Waals surface area contributed by atoms with Crippen LogP contribution in [0.15, 0.2) is 0 Å². The van der Waals surface area contributed by atoms with Gasteiger partial charge in [-0.1, -0.05) is 20.8 Å². The predicted molar refractivity (Wildman–Crippen MR) is 82.8 cm³/mol. The molecule has 1 amide bonds. The molecule has 4 atom stereocenters. The van der Waals surface area contributed by atoms with Crippen LogP contribution in [0.5, 0.6) is 0 Å². The summed E-state index contributed by atoms with van der Waals surface area (Å²) in [5.74, 6) is 0.0205. The van der Waals surface area contributed by atoms with Gasteiger partial charge in [0.25, 0.3) is 0 Å². The van der Waals surface area contributed by atoms with E-state index in [4.69, 9.17) is 4.74 Å². The van der Waals surface area contributed by atoms with Crippen molar-refractivity contribution in [3.8, 4) is 0 Å². The summed E-state index contributed by atoms with van der Waals surface area (Å²) in [7, 11) is 0. The summed E-state index contributed by atoms with van der Waals surface area (Å²) in [6.07, 6.45) is 4.90. The van der Waals surface area contributed by atoms with Gasteiger partial charge in [-0.25, -0.2) is 0 Å². The third-order valence-electron chi connectivity index (χ3n) is 4.35. The van der Waals surface area contributed by atoms with Gasteiger partial charge in [0.05, 0.1) is 6.10 Å². The highest BCUT2D eigenvalue weighted by Gasteiger charge is 2.30. The van der Waals surface area contributed by atoms with Crippen molar-refractivity contribution in [3.63, 3.8) is 0 Å². The quantitative estimate of drug-likeness (QED) is 0.755. The average Bonchev–Trinajstić information content (AvgIpc) is 2.45. The number of hydrogen-bond acceptors (Lipinski definition) is 3. The molecule has 1 fully saturated rings. The zero-order chi connectivity index (χ0) is 15.1. The van der Waals surface area contributed by atoms with E-state index in [-0.39, 0.29) is 24.2 Å². The van der Waals surface area contributed by atoms with Crippen LogP contribution >= 0.6 is 0 Å². The highest BCUT2D eigenvalue weighted by atomic mass is 16.5. The molecule has 0 aliphatic carbocycles. The van der Waals surface area contributed by atoms with E-state index in [0.29, 0.717) is 12.1 Å². The van der Waals surface area contributed by atoms with Crippen molar-refractivity contribution in [3.05, 3.63) is 0 Å². The Bertz CT molecular complexity index is 292. The molecule has 1 heterocycles. The first-order valence-electron chi connectivity index (χ1n) is 8.23. The monoisotopic (exact) mass is 284 g/mol. The molecule has 1 rings (SSSR count). The summed E-state index contributed by atoms with van der Waals surface area (Å²) in [5.41, 5.74) is 0. The molecular formula is C16H32N2O2. The topological polar surface area (TPSA) is 50.4 Å². The molecule has 4 nitrogen and oxygen atoms in total. The number of amides is 1. The van der Waals surface area contributed by atoms with Crippen LogP contribution in [-0.4, -0.2) is 36.2 Å². The van der Waals surface area contributed by atoms with Gasteiger partial charge in [-0.15, -0.1) is 0 Å². The van der Waals surface area contributed by atoms with E-state index < -0.39 is 0 Å². The Hall–Kier alpha value is -0.610. The smallest absolute Gasteiger partial charge is 0.249 e. The lowest BCUT2D eigenvalue weighted by atomic mass is 9.94. The Morgan fingerprint density at radius 1 is 1.30 bits per heavy atom. The van der Waals surface area contributed by atoms with Crippen LogP contribution in [0.2, 0.25) is 0 Å². The summed E-state index contributed by atoms with van der Waals surface area (Å²) < 4.78 is 6.02. The van der Waals surface area contributed by atoms with Gasteiger partial charge in [0.15, 0.2) is 0 Å². The lowest BCUT2D eigenvalue weighted by molar-refractivity contribution is -0.138. The molecule has 0 aromatic rings. The maximum atomic E-state index is 12.1. The van der Waals surface area contributed by atoms with Crippen molar-refractivity contribution in [1.82, 2.24) is 10.6 Å². The third-order valence-corrected chi connectivity index (χ3v) is 4.35. The number of carbonyl (C=O) groups excluding carboxylic acids is 1. The van der Waals surface area contributed by atoms with E-state index in [1.165, 1.54) is 0 Å². The fourth-order valence-electron chi connectivity index (χ4n) is 2.85. The molecule has 0 radical (unpaired) electrons. The Morgan fingerprint density at radius 2 is 1.95 bits per heavy atom.